The fourth-order valence-corrected chi connectivity index (χ4v) is 5.57. The van der Waals surface area contributed by atoms with E-state index in [4.69, 9.17) is 16.0 Å². The fourth-order valence-electron chi connectivity index (χ4n) is 4.26. The molecule has 0 saturated heterocycles. The maximum Gasteiger partial charge on any atom is 0.273 e. The third-order valence-electron chi connectivity index (χ3n) is 6.14. The Balaban J connectivity index is 0.00000336. The zero-order valence-electron chi connectivity index (χ0n) is 20.6. The fraction of sp³-hybridized carbons (Fsp3) is 0.185. The summed E-state index contributed by atoms with van der Waals surface area (Å²) in [5.74, 6) is 0.260. The van der Waals surface area contributed by atoms with E-state index in [0.29, 0.717) is 39.8 Å². The Kier molecular flexibility index (Phi) is 8.47. The Morgan fingerprint density at radius 1 is 1.18 bits per heavy atom. The molecule has 5 rings (SSSR count). The van der Waals surface area contributed by atoms with Gasteiger partial charge in [0, 0.05) is 27.9 Å². The first-order chi connectivity index (χ1) is 17.8. The number of oxazole rings is 1. The number of hydrogen-bond donors (Lipinski definition) is 1. The van der Waals surface area contributed by atoms with Gasteiger partial charge in [0.15, 0.2) is 5.58 Å². The molecule has 38 heavy (non-hydrogen) atoms. The van der Waals surface area contributed by atoms with Crippen LogP contribution in [0, 0.1) is 17.0 Å². The number of fused-ring (bicyclic) bond motifs is 2. The molecule has 2 aromatic heterocycles. The van der Waals surface area contributed by atoms with E-state index < -0.39 is 4.92 Å². The van der Waals surface area contributed by atoms with Crippen LogP contribution in [-0.2, 0) is 13.0 Å². The van der Waals surface area contributed by atoms with Crippen LogP contribution in [0.15, 0.2) is 65.1 Å². The average Bonchev–Trinajstić information content (AvgIpc) is 3.41. The van der Waals surface area contributed by atoms with Gasteiger partial charge in [-0.25, -0.2) is 4.98 Å². The van der Waals surface area contributed by atoms with Crippen LogP contribution in [0.1, 0.15) is 26.7 Å². The molecule has 0 unspecified atom stereocenters. The van der Waals surface area contributed by atoms with Gasteiger partial charge in [-0.1, -0.05) is 23.7 Å². The zero-order chi connectivity index (χ0) is 26.1. The first-order valence-electron chi connectivity index (χ1n) is 11.6. The van der Waals surface area contributed by atoms with E-state index in [1.165, 1.54) is 22.6 Å². The van der Waals surface area contributed by atoms with Crippen molar-refractivity contribution >= 4 is 78.4 Å². The number of nitrogens with zero attached hydrogens (tertiary/aromatic N) is 3. The number of rotatable bonds is 8. The van der Waals surface area contributed by atoms with Gasteiger partial charge in [0.25, 0.3) is 11.6 Å². The largest absolute Gasteiger partial charge is 0.439 e. The van der Waals surface area contributed by atoms with Gasteiger partial charge in [-0.2, -0.15) is 0 Å². The monoisotopic (exact) mass is 614 g/mol. The Morgan fingerprint density at radius 2 is 1.97 bits per heavy atom. The summed E-state index contributed by atoms with van der Waals surface area (Å²) in [6.45, 7) is 3.33. The summed E-state index contributed by atoms with van der Waals surface area (Å²) in [6.07, 6.45) is 0.802. The standard InChI is InChI=1S/C27H23ClN4O4S.BrH/c1-16-19(11-12-31(2)15-26-30-23-9-8-18(32(34)35)14-24(23)36-26)21-13-17(7-10-25(21)37-16)29-27(33)20-5-3-4-6-22(20)28;/h3-10,13-14H,11-12,15H2,1-2H3,(H,29,33);1H. The van der Waals surface area contributed by atoms with Crippen LogP contribution >= 0.6 is 39.9 Å². The number of carbonyl (C=O) groups is 1. The van der Waals surface area contributed by atoms with E-state index in [0.717, 1.165) is 23.1 Å². The van der Waals surface area contributed by atoms with Gasteiger partial charge in [0.2, 0.25) is 5.89 Å². The van der Waals surface area contributed by atoms with Gasteiger partial charge >= 0.3 is 0 Å². The highest BCUT2D eigenvalue weighted by Gasteiger charge is 2.16. The lowest BCUT2D eigenvalue weighted by Gasteiger charge is -2.14. The smallest absolute Gasteiger partial charge is 0.273 e. The number of aryl methyl sites for hydroxylation is 1. The zero-order valence-corrected chi connectivity index (χ0v) is 23.8. The topological polar surface area (TPSA) is 102 Å². The van der Waals surface area contributed by atoms with Crippen molar-refractivity contribution in [3.05, 3.63) is 97.7 Å². The summed E-state index contributed by atoms with van der Waals surface area (Å²) in [5, 5.41) is 15.5. The van der Waals surface area contributed by atoms with Crippen molar-refractivity contribution < 1.29 is 14.1 Å². The maximum absolute atomic E-state index is 12.7. The van der Waals surface area contributed by atoms with Crippen molar-refractivity contribution in [2.45, 2.75) is 19.9 Å². The Hall–Kier alpha value is -3.31. The molecule has 0 aliphatic carbocycles. The second-order valence-corrected chi connectivity index (χ2v) is 10.4. The molecule has 0 aliphatic heterocycles. The summed E-state index contributed by atoms with van der Waals surface area (Å²) >= 11 is 7.91. The molecule has 196 valence electrons. The van der Waals surface area contributed by atoms with Crippen LogP contribution in [0.25, 0.3) is 21.2 Å². The van der Waals surface area contributed by atoms with E-state index in [9.17, 15) is 14.9 Å². The minimum absolute atomic E-state index is 0. The summed E-state index contributed by atoms with van der Waals surface area (Å²) < 4.78 is 6.91. The summed E-state index contributed by atoms with van der Waals surface area (Å²) in [4.78, 5) is 31.1. The SMILES string of the molecule is Br.Cc1sc2ccc(NC(=O)c3ccccc3Cl)cc2c1CCN(C)Cc1nc2ccc([N+](=O)[O-])cc2o1. The quantitative estimate of drug-likeness (QED) is 0.144. The number of nitrogens with one attached hydrogen (secondary N) is 1. The van der Waals surface area contributed by atoms with Crippen LogP contribution in [-0.4, -0.2) is 34.3 Å². The van der Waals surface area contributed by atoms with Crippen LogP contribution in [0.3, 0.4) is 0 Å². The molecule has 1 amide bonds. The molecule has 2 heterocycles. The molecule has 3 aromatic carbocycles. The number of carbonyl (C=O) groups excluding carboxylic acids is 1. The van der Waals surface area contributed by atoms with Crippen LogP contribution in [0.5, 0.6) is 0 Å². The number of anilines is 1. The first-order valence-corrected chi connectivity index (χ1v) is 12.8. The average molecular weight is 616 g/mol. The van der Waals surface area contributed by atoms with E-state index in [2.05, 4.69) is 22.1 Å². The minimum atomic E-state index is -0.449. The van der Waals surface area contributed by atoms with Crippen molar-refractivity contribution in [2.75, 3.05) is 18.9 Å². The predicted molar refractivity (Wildman–Crippen MR) is 157 cm³/mol. The van der Waals surface area contributed by atoms with Crippen LogP contribution in [0.4, 0.5) is 11.4 Å². The molecule has 0 bridgehead atoms. The summed E-state index contributed by atoms with van der Waals surface area (Å²) in [5.41, 5.74) is 3.36. The van der Waals surface area contributed by atoms with Crippen molar-refractivity contribution in [1.29, 1.82) is 0 Å². The third kappa shape index (κ3) is 5.88. The molecule has 11 heteroatoms. The van der Waals surface area contributed by atoms with E-state index >= 15 is 0 Å². The Labute approximate surface area is 238 Å². The van der Waals surface area contributed by atoms with Gasteiger partial charge in [-0.05, 0) is 67.7 Å². The van der Waals surface area contributed by atoms with E-state index in [1.807, 2.05) is 25.2 Å². The molecule has 0 fully saturated rings. The van der Waals surface area contributed by atoms with E-state index in [-0.39, 0.29) is 28.6 Å². The third-order valence-corrected chi connectivity index (χ3v) is 7.60. The van der Waals surface area contributed by atoms with Gasteiger partial charge in [0.05, 0.1) is 28.1 Å². The first kappa shape index (κ1) is 27.7. The predicted octanol–water partition coefficient (Wildman–Crippen LogP) is 7.42. The van der Waals surface area contributed by atoms with Gasteiger partial charge in [0.1, 0.15) is 5.52 Å². The molecule has 1 N–H and O–H groups in total. The van der Waals surface area contributed by atoms with E-state index in [1.54, 1.807) is 41.7 Å². The molecule has 0 atom stereocenters. The highest BCUT2D eigenvalue weighted by molar-refractivity contribution is 8.93. The summed E-state index contributed by atoms with van der Waals surface area (Å²) in [6, 6.07) is 17.3. The number of nitro benzene ring substituents is 1. The lowest BCUT2D eigenvalue weighted by Crippen LogP contribution is -2.21. The van der Waals surface area contributed by atoms with Crippen molar-refractivity contribution in [3.8, 4) is 0 Å². The Bertz CT molecular complexity index is 1650. The molecule has 0 spiro atoms. The minimum Gasteiger partial charge on any atom is -0.439 e. The van der Waals surface area contributed by atoms with Crippen LogP contribution in [0.2, 0.25) is 5.02 Å². The lowest BCUT2D eigenvalue weighted by atomic mass is 10.1. The summed E-state index contributed by atoms with van der Waals surface area (Å²) in [7, 11) is 1.98. The van der Waals surface area contributed by atoms with Crippen LogP contribution < -0.4 is 5.32 Å². The molecule has 8 nitrogen and oxygen atoms in total. The second kappa shape index (κ2) is 11.6. The number of hydrogen-bond acceptors (Lipinski definition) is 7. The number of amides is 1. The molecule has 0 aliphatic rings. The second-order valence-electron chi connectivity index (χ2n) is 8.79. The number of thiophene rings is 1. The van der Waals surface area contributed by atoms with Gasteiger partial charge in [-0.3, -0.25) is 19.8 Å². The molecular weight excluding hydrogens is 592 g/mol. The lowest BCUT2D eigenvalue weighted by molar-refractivity contribution is -0.384. The number of benzene rings is 3. The van der Waals surface area contributed by atoms with Crippen molar-refractivity contribution in [2.24, 2.45) is 0 Å². The number of non-ortho nitro benzene ring substituents is 1. The van der Waals surface area contributed by atoms with Gasteiger partial charge in [-0.15, -0.1) is 28.3 Å². The highest BCUT2D eigenvalue weighted by Crippen LogP contribution is 2.33. The highest BCUT2D eigenvalue weighted by atomic mass is 79.9. The Morgan fingerprint density at radius 3 is 2.74 bits per heavy atom. The molecule has 0 radical (unpaired) electrons. The van der Waals surface area contributed by atoms with Crippen molar-refractivity contribution in [3.63, 3.8) is 0 Å². The molecule has 5 aromatic rings. The molecular formula is C27H24BrClN4O4S. The maximum atomic E-state index is 12.7. The molecule has 0 saturated carbocycles. The number of nitro groups is 1. The number of likely N-dealkylation sites (N-methyl/N-ethyl adjacent to an activating group) is 1. The van der Waals surface area contributed by atoms with Crippen molar-refractivity contribution in [1.82, 2.24) is 9.88 Å². The number of aromatic nitrogens is 1. The normalized spacial score (nSPS) is 11.2. The van der Waals surface area contributed by atoms with Gasteiger partial charge < -0.3 is 9.73 Å². The number of halogens is 2.